The number of hydrogen-bond acceptors (Lipinski definition) is 3. The average molecular weight is 326 g/mol. The minimum atomic E-state index is 0.216. The van der Waals surface area contributed by atoms with E-state index in [9.17, 15) is 4.79 Å². The second-order valence-corrected chi connectivity index (χ2v) is 7.98. The molecule has 2 fully saturated rings. The van der Waals surface area contributed by atoms with Gasteiger partial charge in [-0.15, -0.1) is 11.3 Å². The molecule has 3 heterocycles. The van der Waals surface area contributed by atoms with Crippen LogP contribution < -0.4 is 0 Å². The van der Waals surface area contributed by atoms with Crippen LogP contribution >= 0.6 is 11.3 Å². The Morgan fingerprint density at radius 1 is 1.17 bits per heavy atom. The van der Waals surface area contributed by atoms with Crippen LogP contribution in [0.2, 0.25) is 0 Å². The van der Waals surface area contributed by atoms with E-state index in [1.807, 2.05) is 12.1 Å². The zero-order valence-electron chi connectivity index (χ0n) is 13.4. The number of amides is 1. The fourth-order valence-electron chi connectivity index (χ4n) is 3.79. The molecular weight excluding hydrogens is 304 g/mol. The van der Waals surface area contributed by atoms with Crippen molar-refractivity contribution in [3.63, 3.8) is 0 Å². The van der Waals surface area contributed by atoms with Gasteiger partial charge in [-0.2, -0.15) is 0 Å². The van der Waals surface area contributed by atoms with Crippen molar-refractivity contribution < 1.29 is 4.79 Å². The highest BCUT2D eigenvalue weighted by molar-refractivity contribution is 7.13. The Morgan fingerprint density at radius 2 is 2.00 bits per heavy atom. The lowest BCUT2D eigenvalue weighted by Gasteiger charge is -2.53. The number of benzene rings is 1. The lowest BCUT2D eigenvalue weighted by atomic mass is 9.82. The maximum absolute atomic E-state index is 12.7. The third kappa shape index (κ3) is 2.93. The molecule has 0 unspecified atom stereocenters. The van der Waals surface area contributed by atoms with Crippen LogP contribution in [0.15, 0.2) is 42.5 Å². The Bertz CT molecular complexity index is 696. The lowest BCUT2D eigenvalue weighted by molar-refractivity contribution is -0.0426. The molecule has 4 rings (SSSR count). The van der Waals surface area contributed by atoms with E-state index in [4.69, 9.17) is 0 Å². The summed E-state index contributed by atoms with van der Waals surface area (Å²) in [5.74, 6) is 0.987. The Labute approximate surface area is 141 Å². The summed E-state index contributed by atoms with van der Waals surface area (Å²) in [7, 11) is 0. The molecule has 3 nitrogen and oxygen atoms in total. The third-order valence-corrected chi connectivity index (χ3v) is 6.11. The first-order valence-corrected chi connectivity index (χ1v) is 9.16. The Morgan fingerprint density at radius 3 is 2.74 bits per heavy atom. The zero-order valence-corrected chi connectivity index (χ0v) is 14.3. The number of carbonyl (C=O) groups is 1. The van der Waals surface area contributed by atoms with Gasteiger partial charge in [-0.25, -0.2) is 0 Å². The average Bonchev–Trinajstić information content (AvgIpc) is 2.99. The summed E-state index contributed by atoms with van der Waals surface area (Å²) in [5.41, 5.74) is 1.36. The van der Waals surface area contributed by atoms with Crippen LogP contribution in [0, 0.1) is 12.8 Å². The van der Waals surface area contributed by atoms with E-state index in [1.165, 1.54) is 17.0 Å². The SMILES string of the molecule is Cc1ccc(C(=O)N2CC[C@@H]3CN(Cc4ccccc4)[C@@H]3C2)s1. The summed E-state index contributed by atoms with van der Waals surface area (Å²) < 4.78 is 0. The summed E-state index contributed by atoms with van der Waals surface area (Å²) in [6.45, 7) is 6.03. The molecule has 0 bridgehead atoms. The fraction of sp³-hybridized carbons (Fsp3) is 0.421. The number of hydrogen-bond donors (Lipinski definition) is 0. The highest BCUT2D eigenvalue weighted by Gasteiger charge is 2.43. The first kappa shape index (κ1) is 14.9. The predicted octanol–water partition coefficient (Wildman–Crippen LogP) is 3.40. The van der Waals surface area contributed by atoms with Gasteiger partial charge in [0.2, 0.25) is 0 Å². The highest BCUT2D eigenvalue weighted by Crippen LogP contribution is 2.34. The molecular formula is C19H22N2OS. The first-order chi connectivity index (χ1) is 11.2. The summed E-state index contributed by atoms with van der Waals surface area (Å²) in [6.07, 6.45) is 1.14. The second-order valence-electron chi connectivity index (χ2n) is 6.69. The van der Waals surface area contributed by atoms with Crippen molar-refractivity contribution in [2.45, 2.75) is 25.9 Å². The molecule has 2 saturated heterocycles. The van der Waals surface area contributed by atoms with Gasteiger partial charge in [0.1, 0.15) is 0 Å². The summed E-state index contributed by atoms with van der Waals surface area (Å²) >= 11 is 1.61. The molecule has 0 saturated carbocycles. The predicted molar refractivity (Wildman–Crippen MR) is 93.7 cm³/mol. The van der Waals surface area contributed by atoms with Gasteiger partial charge in [-0.1, -0.05) is 30.3 Å². The van der Waals surface area contributed by atoms with Crippen LogP contribution in [0.5, 0.6) is 0 Å². The molecule has 4 heteroatoms. The van der Waals surface area contributed by atoms with Gasteiger partial charge in [0.05, 0.1) is 4.88 Å². The molecule has 2 atom stereocenters. The molecule has 1 aromatic carbocycles. The van der Waals surface area contributed by atoms with Crippen molar-refractivity contribution in [2.75, 3.05) is 19.6 Å². The molecule has 2 aliphatic rings. The summed E-state index contributed by atoms with van der Waals surface area (Å²) in [4.78, 5) is 19.3. The zero-order chi connectivity index (χ0) is 15.8. The van der Waals surface area contributed by atoms with Crippen LogP contribution in [0.25, 0.3) is 0 Å². The highest BCUT2D eigenvalue weighted by atomic mass is 32.1. The van der Waals surface area contributed by atoms with E-state index < -0.39 is 0 Å². The Kier molecular flexibility index (Phi) is 3.95. The molecule has 0 radical (unpaired) electrons. The monoisotopic (exact) mass is 326 g/mol. The van der Waals surface area contributed by atoms with Crippen molar-refractivity contribution in [1.29, 1.82) is 0 Å². The largest absolute Gasteiger partial charge is 0.336 e. The quantitative estimate of drug-likeness (QED) is 0.863. The van der Waals surface area contributed by atoms with Crippen molar-refractivity contribution in [3.05, 3.63) is 57.8 Å². The van der Waals surface area contributed by atoms with Gasteiger partial charge in [0, 0.05) is 37.1 Å². The number of rotatable bonds is 3. The number of fused-ring (bicyclic) bond motifs is 1. The van der Waals surface area contributed by atoms with Crippen LogP contribution in [-0.2, 0) is 6.54 Å². The Balaban J connectivity index is 1.41. The van der Waals surface area contributed by atoms with Crippen molar-refractivity contribution in [1.82, 2.24) is 9.80 Å². The summed E-state index contributed by atoms with van der Waals surface area (Å²) in [6, 6.07) is 15.2. The van der Waals surface area contributed by atoms with Gasteiger partial charge < -0.3 is 4.90 Å². The van der Waals surface area contributed by atoms with Crippen molar-refractivity contribution in [3.8, 4) is 0 Å². The smallest absolute Gasteiger partial charge is 0.263 e. The van der Waals surface area contributed by atoms with Crippen LogP contribution in [0.4, 0.5) is 0 Å². The van der Waals surface area contributed by atoms with Gasteiger partial charge in [0.25, 0.3) is 5.91 Å². The number of likely N-dealkylation sites (tertiary alicyclic amines) is 2. The van der Waals surface area contributed by atoms with Crippen LogP contribution in [0.1, 0.15) is 26.5 Å². The Hall–Kier alpha value is -1.65. The molecule has 120 valence electrons. The standard InChI is InChI=1S/C19H22N2OS/c1-14-7-8-18(23-14)19(22)20-10-9-16-12-21(17(16)13-20)11-15-5-3-2-4-6-15/h2-8,16-17H,9-13H2,1H3/t16-,17-/m1/s1. The van der Waals surface area contributed by atoms with E-state index in [-0.39, 0.29) is 5.91 Å². The number of aryl methyl sites for hydroxylation is 1. The number of piperidine rings is 1. The second kappa shape index (κ2) is 6.10. The molecule has 2 aromatic rings. The molecule has 0 spiro atoms. The molecule has 2 aliphatic heterocycles. The third-order valence-electron chi connectivity index (χ3n) is 5.13. The molecule has 1 aromatic heterocycles. The van der Waals surface area contributed by atoms with E-state index in [2.05, 4.69) is 47.1 Å². The molecule has 0 N–H and O–H groups in total. The number of carbonyl (C=O) groups excluding carboxylic acids is 1. The van der Waals surface area contributed by atoms with Crippen LogP contribution in [0.3, 0.4) is 0 Å². The van der Waals surface area contributed by atoms with Gasteiger partial charge >= 0.3 is 0 Å². The first-order valence-electron chi connectivity index (χ1n) is 8.34. The fourth-order valence-corrected chi connectivity index (χ4v) is 4.63. The van der Waals surface area contributed by atoms with Crippen molar-refractivity contribution >= 4 is 17.2 Å². The topological polar surface area (TPSA) is 23.6 Å². The van der Waals surface area contributed by atoms with E-state index in [1.54, 1.807) is 11.3 Å². The molecule has 23 heavy (non-hydrogen) atoms. The van der Waals surface area contributed by atoms with Gasteiger partial charge in [0.15, 0.2) is 0 Å². The van der Waals surface area contributed by atoms with Gasteiger partial charge in [-0.05, 0) is 37.0 Å². The maximum atomic E-state index is 12.7. The summed E-state index contributed by atoms with van der Waals surface area (Å²) in [5, 5.41) is 0. The number of nitrogens with zero attached hydrogens (tertiary/aromatic N) is 2. The molecule has 1 amide bonds. The minimum Gasteiger partial charge on any atom is -0.336 e. The lowest BCUT2D eigenvalue weighted by Crippen LogP contribution is -2.64. The van der Waals surface area contributed by atoms with E-state index >= 15 is 0 Å². The van der Waals surface area contributed by atoms with E-state index in [0.29, 0.717) is 6.04 Å². The maximum Gasteiger partial charge on any atom is 0.263 e. The van der Waals surface area contributed by atoms with E-state index in [0.717, 1.165) is 36.9 Å². The normalized spacial score (nSPS) is 24.1. The van der Waals surface area contributed by atoms with Crippen LogP contribution in [-0.4, -0.2) is 41.4 Å². The minimum absolute atomic E-state index is 0.216. The molecule has 0 aliphatic carbocycles. The van der Waals surface area contributed by atoms with Crippen molar-refractivity contribution in [2.24, 2.45) is 5.92 Å². The number of thiophene rings is 1. The van der Waals surface area contributed by atoms with Gasteiger partial charge in [-0.3, -0.25) is 9.69 Å².